The predicted molar refractivity (Wildman–Crippen MR) is 89.4 cm³/mol. The second kappa shape index (κ2) is 7.28. The SMILES string of the molecule is CC[C@H](CO)C(=O)N1CC2(CC(Cc3cccc(OC(F)F)c3)C2)C1. The maximum Gasteiger partial charge on any atom is 0.387 e. The highest BCUT2D eigenvalue weighted by Gasteiger charge is 2.53. The van der Waals surface area contributed by atoms with Gasteiger partial charge in [0.2, 0.25) is 5.91 Å². The van der Waals surface area contributed by atoms with Gasteiger partial charge in [0.05, 0.1) is 12.5 Å². The van der Waals surface area contributed by atoms with Crippen molar-refractivity contribution in [1.82, 2.24) is 4.90 Å². The van der Waals surface area contributed by atoms with E-state index < -0.39 is 6.61 Å². The first-order valence-electron chi connectivity index (χ1n) is 8.88. The zero-order valence-electron chi connectivity index (χ0n) is 14.5. The summed E-state index contributed by atoms with van der Waals surface area (Å²) in [6.07, 6.45) is 3.64. The molecule has 1 aromatic carbocycles. The van der Waals surface area contributed by atoms with E-state index in [1.807, 2.05) is 17.9 Å². The minimum Gasteiger partial charge on any atom is -0.435 e. The highest BCUT2D eigenvalue weighted by Crippen LogP contribution is 2.53. The number of ether oxygens (including phenoxy) is 1. The van der Waals surface area contributed by atoms with E-state index in [1.165, 1.54) is 0 Å². The van der Waals surface area contributed by atoms with E-state index in [0.29, 0.717) is 12.3 Å². The van der Waals surface area contributed by atoms with Crippen molar-refractivity contribution < 1.29 is 23.4 Å². The standard InChI is InChI=1S/C19H25F2NO3/c1-2-15(10-23)17(24)22-11-19(12-22)8-14(9-19)6-13-4-3-5-16(7-13)25-18(20)21/h3-5,7,14-15,18,23H,2,6,8-12H2,1H3/t15-/m1/s1. The van der Waals surface area contributed by atoms with Gasteiger partial charge in [0.15, 0.2) is 0 Å². The Balaban J connectivity index is 1.46. The quantitative estimate of drug-likeness (QED) is 0.820. The van der Waals surface area contributed by atoms with Gasteiger partial charge in [-0.2, -0.15) is 8.78 Å². The molecular formula is C19H25F2NO3. The van der Waals surface area contributed by atoms with Gasteiger partial charge >= 0.3 is 6.61 Å². The Morgan fingerprint density at radius 3 is 2.72 bits per heavy atom. The number of hydrogen-bond acceptors (Lipinski definition) is 3. The van der Waals surface area contributed by atoms with Crippen molar-refractivity contribution in [2.75, 3.05) is 19.7 Å². The first-order chi connectivity index (χ1) is 11.9. The van der Waals surface area contributed by atoms with E-state index in [1.54, 1.807) is 18.2 Å². The molecule has 0 bridgehead atoms. The van der Waals surface area contributed by atoms with Crippen LogP contribution in [0.5, 0.6) is 5.75 Å². The van der Waals surface area contributed by atoms with Crippen LogP contribution in [0.4, 0.5) is 8.78 Å². The van der Waals surface area contributed by atoms with E-state index in [-0.39, 0.29) is 29.6 Å². The molecule has 1 aliphatic carbocycles. The first-order valence-corrected chi connectivity index (χ1v) is 8.88. The number of amides is 1. The molecule has 1 spiro atoms. The van der Waals surface area contributed by atoms with Gasteiger partial charge in [-0.3, -0.25) is 4.79 Å². The summed E-state index contributed by atoms with van der Waals surface area (Å²) in [5.41, 5.74) is 1.25. The molecule has 1 aliphatic heterocycles. The van der Waals surface area contributed by atoms with Crippen molar-refractivity contribution in [3.8, 4) is 5.75 Å². The van der Waals surface area contributed by atoms with Gasteiger partial charge < -0.3 is 14.7 Å². The lowest BCUT2D eigenvalue weighted by atomic mass is 9.56. The fourth-order valence-electron chi connectivity index (χ4n) is 4.31. The van der Waals surface area contributed by atoms with E-state index in [4.69, 9.17) is 0 Å². The zero-order valence-corrected chi connectivity index (χ0v) is 14.5. The number of aliphatic hydroxyl groups excluding tert-OH is 1. The third kappa shape index (κ3) is 3.94. The number of benzene rings is 1. The number of aliphatic hydroxyl groups is 1. The van der Waals surface area contributed by atoms with E-state index in [0.717, 1.165) is 37.9 Å². The normalized spacial score (nSPS) is 20.3. The molecule has 1 atom stereocenters. The monoisotopic (exact) mass is 353 g/mol. The van der Waals surface area contributed by atoms with Crippen molar-refractivity contribution >= 4 is 5.91 Å². The van der Waals surface area contributed by atoms with E-state index in [2.05, 4.69) is 4.74 Å². The Kier molecular flexibility index (Phi) is 5.27. The number of likely N-dealkylation sites (tertiary alicyclic amines) is 1. The second-order valence-electron chi connectivity index (χ2n) is 7.49. The summed E-state index contributed by atoms with van der Waals surface area (Å²) in [5.74, 6) is 0.525. The van der Waals surface area contributed by atoms with Gasteiger partial charge in [0, 0.05) is 18.5 Å². The lowest BCUT2D eigenvalue weighted by molar-refractivity contribution is -0.160. The molecule has 4 nitrogen and oxygen atoms in total. The highest BCUT2D eigenvalue weighted by molar-refractivity contribution is 5.80. The molecule has 1 N–H and O–H groups in total. The van der Waals surface area contributed by atoms with Crippen molar-refractivity contribution in [2.45, 2.75) is 39.2 Å². The first kappa shape index (κ1) is 18.1. The Morgan fingerprint density at radius 2 is 2.12 bits per heavy atom. The van der Waals surface area contributed by atoms with Crippen LogP contribution in [0.3, 0.4) is 0 Å². The topological polar surface area (TPSA) is 49.8 Å². The summed E-state index contributed by atoms with van der Waals surface area (Å²) >= 11 is 0. The minimum absolute atomic E-state index is 0.0657. The molecule has 1 saturated heterocycles. The molecule has 2 aliphatic rings. The summed E-state index contributed by atoms with van der Waals surface area (Å²) in [6, 6.07) is 6.90. The number of rotatable bonds is 7. The van der Waals surface area contributed by atoms with Crippen LogP contribution in [0, 0.1) is 17.3 Å². The second-order valence-corrected chi connectivity index (χ2v) is 7.49. The molecule has 0 unspecified atom stereocenters. The van der Waals surface area contributed by atoms with Gasteiger partial charge in [-0.15, -0.1) is 0 Å². The maximum atomic E-state index is 12.3. The molecule has 6 heteroatoms. The maximum absolute atomic E-state index is 12.3. The van der Waals surface area contributed by atoms with Crippen LogP contribution in [-0.4, -0.2) is 42.2 Å². The molecular weight excluding hydrogens is 328 g/mol. The molecule has 2 fully saturated rings. The molecule has 25 heavy (non-hydrogen) atoms. The van der Waals surface area contributed by atoms with Crippen LogP contribution in [0.1, 0.15) is 31.7 Å². The lowest BCUT2D eigenvalue weighted by Gasteiger charge is -2.59. The van der Waals surface area contributed by atoms with Crippen LogP contribution in [0.2, 0.25) is 0 Å². The molecule has 1 heterocycles. The number of alkyl halides is 2. The van der Waals surface area contributed by atoms with Gasteiger partial charge in [-0.1, -0.05) is 19.1 Å². The molecule has 0 radical (unpaired) electrons. The molecule has 1 saturated carbocycles. The van der Waals surface area contributed by atoms with Crippen LogP contribution >= 0.6 is 0 Å². The smallest absolute Gasteiger partial charge is 0.387 e. The van der Waals surface area contributed by atoms with Gasteiger partial charge in [-0.05, 0) is 49.3 Å². The van der Waals surface area contributed by atoms with E-state index in [9.17, 15) is 18.7 Å². The number of nitrogens with zero attached hydrogens (tertiary/aromatic N) is 1. The van der Waals surface area contributed by atoms with Crippen LogP contribution in [-0.2, 0) is 11.2 Å². The van der Waals surface area contributed by atoms with Crippen molar-refractivity contribution in [3.05, 3.63) is 29.8 Å². The summed E-state index contributed by atoms with van der Waals surface area (Å²) in [6.45, 7) is 0.602. The summed E-state index contributed by atoms with van der Waals surface area (Å²) < 4.78 is 29.0. The van der Waals surface area contributed by atoms with Gasteiger partial charge in [-0.25, -0.2) is 0 Å². The Morgan fingerprint density at radius 1 is 1.40 bits per heavy atom. The van der Waals surface area contributed by atoms with Gasteiger partial charge in [0.1, 0.15) is 5.75 Å². The van der Waals surface area contributed by atoms with Crippen molar-refractivity contribution in [3.63, 3.8) is 0 Å². The van der Waals surface area contributed by atoms with Crippen LogP contribution < -0.4 is 4.74 Å². The van der Waals surface area contributed by atoms with Gasteiger partial charge in [0.25, 0.3) is 0 Å². The number of hydrogen-bond donors (Lipinski definition) is 1. The molecule has 0 aromatic heterocycles. The van der Waals surface area contributed by atoms with Crippen molar-refractivity contribution in [1.29, 1.82) is 0 Å². The Bertz CT molecular complexity index is 604. The average molecular weight is 353 g/mol. The zero-order chi connectivity index (χ0) is 18.0. The summed E-state index contributed by atoms with van der Waals surface area (Å²) in [7, 11) is 0. The number of halogens is 2. The fraction of sp³-hybridized carbons (Fsp3) is 0.632. The molecule has 1 amide bonds. The van der Waals surface area contributed by atoms with Crippen molar-refractivity contribution in [2.24, 2.45) is 17.3 Å². The number of carbonyl (C=O) groups excluding carboxylic acids is 1. The third-order valence-corrected chi connectivity index (χ3v) is 5.52. The third-order valence-electron chi connectivity index (χ3n) is 5.52. The summed E-state index contributed by atoms with van der Waals surface area (Å²) in [5, 5.41) is 9.24. The Hall–Kier alpha value is -1.69. The summed E-state index contributed by atoms with van der Waals surface area (Å²) in [4.78, 5) is 14.1. The minimum atomic E-state index is -2.80. The number of carbonyl (C=O) groups is 1. The lowest BCUT2D eigenvalue weighted by Crippen LogP contribution is -2.64. The molecule has 3 rings (SSSR count). The predicted octanol–water partition coefficient (Wildman–Crippen LogP) is 3.09. The largest absolute Gasteiger partial charge is 0.435 e. The molecule has 138 valence electrons. The Labute approximate surface area is 146 Å². The van der Waals surface area contributed by atoms with Crippen LogP contribution in [0.25, 0.3) is 0 Å². The fourth-order valence-corrected chi connectivity index (χ4v) is 4.31. The average Bonchev–Trinajstić information content (AvgIpc) is 2.49. The van der Waals surface area contributed by atoms with E-state index >= 15 is 0 Å². The molecule has 1 aromatic rings. The van der Waals surface area contributed by atoms with Crippen LogP contribution in [0.15, 0.2) is 24.3 Å². The highest BCUT2D eigenvalue weighted by atomic mass is 19.3.